The molecule has 100 valence electrons. The lowest BCUT2D eigenvalue weighted by Crippen LogP contribution is -2.01. The Labute approximate surface area is 114 Å². The average Bonchev–Trinajstić information content (AvgIpc) is 2.47. The fraction of sp³-hybridized carbons (Fsp3) is 0.250. The number of hydrogen-bond donors (Lipinski definition) is 2. The van der Waals surface area contributed by atoms with Crippen LogP contribution in [0, 0.1) is 0 Å². The molecule has 0 heterocycles. The molecule has 0 saturated carbocycles. The van der Waals surface area contributed by atoms with Crippen LogP contribution >= 0.6 is 0 Å². The molecule has 3 heteroatoms. The van der Waals surface area contributed by atoms with Gasteiger partial charge in [0.25, 0.3) is 0 Å². The van der Waals surface area contributed by atoms with E-state index in [1.54, 1.807) is 0 Å². The molecule has 0 fully saturated rings. The SMILES string of the molecule is CCOc1ccc(NCc2ccc(CN)cc2)cc1. The molecule has 19 heavy (non-hydrogen) atoms. The predicted octanol–water partition coefficient (Wildman–Crippen LogP) is 3.16. The molecule has 0 aromatic heterocycles. The van der Waals surface area contributed by atoms with Gasteiger partial charge < -0.3 is 15.8 Å². The molecule has 0 spiro atoms. The smallest absolute Gasteiger partial charge is 0.119 e. The van der Waals surface area contributed by atoms with E-state index in [4.69, 9.17) is 10.5 Å². The van der Waals surface area contributed by atoms with Crippen LogP contribution in [0.2, 0.25) is 0 Å². The van der Waals surface area contributed by atoms with Gasteiger partial charge in [0.2, 0.25) is 0 Å². The molecule has 0 aliphatic carbocycles. The fourth-order valence-corrected chi connectivity index (χ4v) is 1.83. The first-order valence-corrected chi connectivity index (χ1v) is 6.56. The Bertz CT molecular complexity index is 491. The summed E-state index contributed by atoms with van der Waals surface area (Å²) >= 11 is 0. The summed E-state index contributed by atoms with van der Waals surface area (Å²) in [5, 5.41) is 3.38. The minimum atomic E-state index is 0.590. The van der Waals surface area contributed by atoms with Crippen molar-refractivity contribution >= 4 is 5.69 Å². The largest absolute Gasteiger partial charge is 0.494 e. The Hall–Kier alpha value is -2.00. The summed E-state index contributed by atoms with van der Waals surface area (Å²) in [4.78, 5) is 0. The van der Waals surface area contributed by atoms with E-state index in [0.717, 1.165) is 23.5 Å². The molecule has 0 bridgehead atoms. The maximum atomic E-state index is 5.58. The van der Waals surface area contributed by atoms with Gasteiger partial charge >= 0.3 is 0 Å². The second kappa shape index (κ2) is 6.81. The highest BCUT2D eigenvalue weighted by Crippen LogP contribution is 2.16. The Kier molecular flexibility index (Phi) is 4.81. The highest BCUT2D eigenvalue weighted by Gasteiger charge is 1.96. The monoisotopic (exact) mass is 256 g/mol. The molecule has 0 amide bonds. The van der Waals surface area contributed by atoms with E-state index in [2.05, 4.69) is 29.6 Å². The topological polar surface area (TPSA) is 47.3 Å². The lowest BCUT2D eigenvalue weighted by Gasteiger charge is -2.08. The highest BCUT2D eigenvalue weighted by molar-refractivity contribution is 5.46. The highest BCUT2D eigenvalue weighted by atomic mass is 16.5. The van der Waals surface area contributed by atoms with Gasteiger partial charge in [-0.05, 0) is 42.3 Å². The lowest BCUT2D eigenvalue weighted by molar-refractivity contribution is 0.340. The maximum Gasteiger partial charge on any atom is 0.119 e. The van der Waals surface area contributed by atoms with Crippen LogP contribution in [0.15, 0.2) is 48.5 Å². The number of ether oxygens (including phenoxy) is 1. The molecule has 0 saturated heterocycles. The van der Waals surface area contributed by atoms with Gasteiger partial charge in [-0.2, -0.15) is 0 Å². The summed E-state index contributed by atoms with van der Waals surface area (Å²) < 4.78 is 5.41. The van der Waals surface area contributed by atoms with E-state index in [-0.39, 0.29) is 0 Å². The third-order valence-electron chi connectivity index (χ3n) is 2.92. The van der Waals surface area contributed by atoms with E-state index in [1.165, 1.54) is 5.56 Å². The fourth-order valence-electron chi connectivity index (χ4n) is 1.83. The average molecular weight is 256 g/mol. The zero-order valence-corrected chi connectivity index (χ0v) is 11.2. The van der Waals surface area contributed by atoms with Crippen LogP contribution < -0.4 is 15.8 Å². The molecule has 0 radical (unpaired) electrons. The number of anilines is 1. The number of nitrogens with one attached hydrogen (secondary N) is 1. The molecule has 0 unspecified atom stereocenters. The molecule has 0 aliphatic heterocycles. The molecule has 3 nitrogen and oxygen atoms in total. The Balaban J connectivity index is 1.90. The second-order valence-corrected chi connectivity index (χ2v) is 4.33. The number of benzene rings is 2. The van der Waals surface area contributed by atoms with Gasteiger partial charge in [0.05, 0.1) is 6.61 Å². The van der Waals surface area contributed by atoms with Crippen LogP contribution in [0.25, 0.3) is 0 Å². The van der Waals surface area contributed by atoms with Crippen molar-refractivity contribution in [1.29, 1.82) is 0 Å². The Morgan fingerprint density at radius 1 is 0.947 bits per heavy atom. The summed E-state index contributed by atoms with van der Waals surface area (Å²) in [7, 11) is 0. The summed E-state index contributed by atoms with van der Waals surface area (Å²) in [6.07, 6.45) is 0. The third-order valence-corrected chi connectivity index (χ3v) is 2.92. The standard InChI is InChI=1S/C16H20N2O/c1-2-19-16-9-7-15(8-10-16)18-12-14-5-3-13(11-17)4-6-14/h3-10,18H,2,11-12,17H2,1H3. The third kappa shape index (κ3) is 4.00. The van der Waals surface area contributed by atoms with Crippen molar-refractivity contribution in [1.82, 2.24) is 0 Å². The van der Waals surface area contributed by atoms with Gasteiger partial charge in [-0.1, -0.05) is 24.3 Å². The van der Waals surface area contributed by atoms with Crippen LogP contribution in [0.3, 0.4) is 0 Å². The molecule has 2 aromatic rings. The number of hydrogen-bond acceptors (Lipinski definition) is 3. The first-order valence-electron chi connectivity index (χ1n) is 6.56. The van der Waals surface area contributed by atoms with Crippen LogP contribution in [-0.4, -0.2) is 6.61 Å². The zero-order chi connectivity index (χ0) is 13.5. The second-order valence-electron chi connectivity index (χ2n) is 4.33. The minimum Gasteiger partial charge on any atom is -0.494 e. The summed E-state index contributed by atoms with van der Waals surface area (Å²) in [6.45, 7) is 4.07. The van der Waals surface area contributed by atoms with Gasteiger partial charge in [-0.15, -0.1) is 0 Å². The van der Waals surface area contributed by atoms with Crippen molar-refractivity contribution in [3.8, 4) is 5.75 Å². The van der Waals surface area contributed by atoms with Crippen molar-refractivity contribution in [3.63, 3.8) is 0 Å². The first kappa shape index (κ1) is 13.4. The molecular formula is C16H20N2O. The van der Waals surface area contributed by atoms with Gasteiger partial charge in [0, 0.05) is 18.8 Å². The number of nitrogens with two attached hydrogens (primary N) is 1. The van der Waals surface area contributed by atoms with Crippen LogP contribution in [0.5, 0.6) is 5.75 Å². The van der Waals surface area contributed by atoms with Crippen molar-refractivity contribution in [2.24, 2.45) is 5.73 Å². The van der Waals surface area contributed by atoms with E-state index in [1.807, 2.05) is 31.2 Å². The predicted molar refractivity (Wildman–Crippen MR) is 79.3 cm³/mol. The van der Waals surface area contributed by atoms with Gasteiger partial charge in [0.1, 0.15) is 5.75 Å². The van der Waals surface area contributed by atoms with Gasteiger partial charge in [-0.25, -0.2) is 0 Å². The van der Waals surface area contributed by atoms with Gasteiger partial charge in [-0.3, -0.25) is 0 Å². The Morgan fingerprint density at radius 3 is 2.16 bits per heavy atom. The minimum absolute atomic E-state index is 0.590. The van der Waals surface area contributed by atoms with Crippen molar-refractivity contribution in [2.45, 2.75) is 20.0 Å². The van der Waals surface area contributed by atoms with Gasteiger partial charge in [0.15, 0.2) is 0 Å². The Morgan fingerprint density at radius 2 is 1.58 bits per heavy atom. The summed E-state index contributed by atoms with van der Waals surface area (Å²) in [6, 6.07) is 16.3. The first-order chi connectivity index (χ1) is 9.31. The van der Waals surface area contributed by atoms with E-state index < -0.39 is 0 Å². The molecule has 0 aliphatic rings. The molecule has 2 aromatic carbocycles. The van der Waals surface area contributed by atoms with Crippen LogP contribution in [0.1, 0.15) is 18.1 Å². The van der Waals surface area contributed by atoms with E-state index >= 15 is 0 Å². The van der Waals surface area contributed by atoms with Crippen molar-refractivity contribution in [2.75, 3.05) is 11.9 Å². The molecule has 0 atom stereocenters. The van der Waals surface area contributed by atoms with Crippen LogP contribution in [0.4, 0.5) is 5.69 Å². The van der Waals surface area contributed by atoms with E-state index in [9.17, 15) is 0 Å². The van der Waals surface area contributed by atoms with Crippen molar-refractivity contribution < 1.29 is 4.74 Å². The molecule has 2 rings (SSSR count). The number of rotatable bonds is 6. The zero-order valence-electron chi connectivity index (χ0n) is 11.2. The molecular weight excluding hydrogens is 236 g/mol. The quantitative estimate of drug-likeness (QED) is 0.834. The summed E-state index contributed by atoms with van der Waals surface area (Å²) in [5.41, 5.74) is 9.06. The van der Waals surface area contributed by atoms with E-state index in [0.29, 0.717) is 13.2 Å². The maximum absolute atomic E-state index is 5.58. The summed E-state index contributed by atoms with van der Waals surface area (Å²) in [5.74, 6) is 0.903. The van der Waals surface area contributed by atoms with Crippen LogP contribution in [-0.2, 0) is 13.1 Å². The molecule has 3 N–H and O–H groups in total. The van der Waals surface area contributed by atoms with Crippen molar-refractivity contribution in [3.05, 3.63) is 59.7 Å². The lowest BCUT2D eigenvalue weighted by atomic mass is 10.1. The normalized spacial score (nSPS) is 10.2.